The molecule has 0 aromatic heterocycles. The van der Waals surface area contributed by atoms with Crippen LogP contribution < -0.4 is 5.32 Å². The summed E-state index contributed by atoms with van der Waals surface area (Å²) in [5.74, 6) is 2.12. The van der Waals surface area contributed by atoms with Crippen LogP contribution in [-0.4, -0.2) is 33.0 Å². The van der Waals surface area contributed by atoms with Gasteiger partial charge in [-0.1, -0.05) is 6.92 Å². The fraction of sp³-hybridized carbons (Fsp3) is 1.00. The third kappa shape index (κ3) is 1.38. The van der Waals surface area contributed by atoms with Crippen molar-refractivity contribution < 1.29 is 8.42 Å². The molecule has 2 rings (SSSR count). The van der Waals surface area contributed by atoms with Crippen molar-refractivity contribution in [3.05, 3.63) is 0 Å². The first-order valence-corrected chi connectivity index (χ1v) is 6.32. The highest BCUT2D eigenvalue weighted by Gasteiger charge is 2.39. The number of sulfone groups is 1. The lowest BCUT2D eigenvalue weighted by atomic mass is 9.81. The Morgan fingerprint density at radius 3 is 2.17 bits per heavy atom. The standard InChI is InChI=1S/C8H15NO2S/c1-6-7-2-9-3-8(6)5-12(10,11)4-7/h6-9H,2-5H2,1H3. The fourth-order valence-electron chi connectivity index (χ4n) is 2.35. The van der Waals surface area contributed by atoms with Gasteiger partial charge in [0, 0.05) is 0 Å². The molecular weight excluding hydrogens is 174 g/mol. The van der Waals surface area contributed by atoms with Gasteiger partial charge in [0.25, 0.3) is 0 Å². The van der Waals surface area contributed by atoms with Gasteiger partial charge in [0.15, 0.2) is 9.84 Å². The van der Waals surface area contributed by atoms with Crippen LogP contribution in [-0.2, 0) is 9.84 Å². The predicted octanol–water partition coefficient (Wildman–Crippen LogP) is -0.113. The number of rotatable bonds is 0. The van der Waals surface area contributed by atoms with Crippen LogP contribution in [0.3, 0.4) is 0 Å². The average molecular weight is 189 g/mol. The lowest BCUT2D eigenvalue weighted by molar-refractivity contribution is 0.207. The maximum absolute atomic E-state index is 11.4. The van der Waals surface area contributed by atoms with E-state index in [0.29, 0.717) is 29.3 Å². The molecule has 2 aliphatic heterocycles. The third-order valence-electron chi connectivity index (χ3n) is 3.24. The summed E-state index contributed by atoms with van der Waals surface area (Å²) in [4.78, 5) is 0. The predicted molar refractivity (Wildman–Crippen MR) is 47.7 cm³/mol. The molecule has 2 atom stereocenters. The lowest BCUT2D eigenvalue weighted by Crippen LogP contribution is -2.51. The van der Waals surface area contributed by atoms with Gasteiger partial charge in [-0.3, -0.25) is 0 Å². The summed E-state index contributed by atoms with van der Waals surface area (Å²) in [5, 5.41) is 3.29. The molecule has 0 spiro atoms. The molecule has 0 saturated carbocycles. The zero-order valence-electron chi connectivity index (χ0n) is 7.29. The maximum atomic E-state index is 11.4. The largest absolute Gasteiger partial charge is 0.316 e. The molecule has 70 valence electrons. The second-order valence-electron chi connectivity index (χ2n) is 4.11. The molecule has 0 amide bonds. The van der Waals surface area contributed by atoms with Gasteiger partial charge < -0.3 is 5.32 Å². The molecule has 4 heteroatoms. The quantitative estimate of drug-likeness (QED) is 0.578. The van der Waals surface area contributed by atoms with Crippen LogP contribution >= 0.6 is 0 Å². The first kappa shape index (κ1) is 8.51. The van der Waals surface area contributed by atoms with Crippen LogP contribution in [0.5, 0.6) is 0 Å². The van der Waals surface area contributed by atoms with Crippen LogP contribution in [0.2, 0.25) is 0 Å². The monoisotopic (exact) mass is 189 g/mol. The Labute approximate surface area is 73.5 Å². The zero-order chi connectivity index (χ0) is 8.77. The number of nitrogens with one attached hydrogen (secondary N) is 1. The van der Waals surface area contributed by atoms with Crippen molar-refractivity contribution in [1.82, 2.24) is 5.32 Å². The molecule has 3 nitrogen and oxygen atoms in total. The number of piperidine rings is 1. The molecule has 2 bridgehead atoms. The molecule has 2 saturated heterocycles. The van der Waals surface area contributed by atoms with Crippen molar-refractivity contribution in [3.63, 3.8) is 0 Å². The van der Waals surface area contributed by atoms with E-state index >= 15 is 0 Å². The Hall–Kier alpha value is -0.0900. The summed E-state index contributed by atoms with van der Waals surface area (Å²) in [6.07, 6.45) is 0. The van der Waals surface area contributed by atoms with E-state index in [1.807, 2.05) is 0 Å². The number of fused-ring (bicyclic) bond motifs is 2. The molecule has 2 heterocycles. The summed E-state index contributed by atoms with van der Waals surface area (Å²) < 4.78 is 22.8. The molecule has 0 aromatic rings. The van der Waals surface area contributed by atoms with Crippen LogP contribution in [0.1, 0.15) is 6.92 Å². The van der Waals surface area contributed by atoms with E-state index in [1.165, 1.54) is 0 Å². The smallest absolute Gasteiger partial charge is 0.150 e. The van der Waals surface area contributed by atoms with Crippen molar-refractivity contribution in [1.29, 1.82) is 0 Å². The van der Waals surface area contributed by atoms with E-state index in [0.717, 1.165) is 13.1 Å². The summed E-state index contributed by atoms with van der Waals surface area (Å²) >= 11 is 0. The summed E-state index contributed by atoms with van der Waals surface area (Å²) in [5.41, 5.74) is 0. The molecular formula is C8H15NO2S. The summed E-state index contributed by atoms with van der Waals surface area (Å²) in [7, 11) is -2.71. The first-order chi connectivity index (χ1) is 5.58. The highest BCUT2D eigenvalue weighted by molar-refractivity contribution is 7.91. The first-order valence-electron chi connectivity index (χ1n) is 4.49. The summed E-state index contributed by atoms with van der Waals surface area (Å²) in [6.45, 7) is 3.96. The van der Waals surface area contributed by atoms with Crippen LogP contribution in [0.4, 0.5) is 0 Å². The van der Waals surface area contributed by atoms with Crippen molar-refractivity contribution >= 4 is 9.84 Å². The maximum Gasteiger partial charge on any atom is 0.150 e. The average Bonchev–Trinajstić information content (AvgIpc) is 1.92. The minimum atomic E-state index is -2.71. The molecule has 0 radical (unpaired) electrons. The minimum Gasteiger partial charge on any atom is -0.316 e. The number of hydrogen-bond donors (Lipinski definition) is 1. The van der Waals surface area contributed by atoms with Crippen LogP contribution in [0.15, 0.2) is 0 Å². The normalized spacial score (nSPS) is 45.6. The zero-order valence-corrected chi connectivity index (χ0v) is 8.10. The Kier molecular flexibility index (Phi) is 1.92. The van der Waals surface area contributed by atoms with E-state index in [9.17, 15) is 8.42 Å². The van der Waals surface area contributed by atoms with Crippen molar-refractivity contribution in [2.24, 2.45) is 17.8 Å². The van der Waals surface area contributed by atoms with Gasteiger partial charge in [-0.2, -0.15) is 0 Å². The van der Waals surface area contributed by atoms with Crippen molar-refractivity contribution in [2.75, 3.05) is 24.6 Å². The van der Waals surface area contributed by atoms with E-state index < -0.39 is 9.84 Å². The minimum absolute atomic E-state index is 0.363. The van der Waals surface area contributed by atoms with E-state index in [-0.39, 0.29) is 0 Å². The van der Waals surface area contributed by atoms with Crippen molar-refractivity contribution in [2.45, 2.75) is 6.92 Å². The van der Waals surface area contributed by atoms with Gasteiger partial charge in [-0.15, -0.1) is 0 Å². The van der Waals surface area contributed by atoms with Gasteiger partial charge in [0.1, 0.15) is 0 Å². The molecule has 0 aromatic carbocycles. The van der Waals surface area contributed by atoms with Gasteiger partial charge in [0.05, 0.1) is 11.5 Å². The van der Waals surface area contributed by atoms with Crippen LogP contribution in [0, 0.1) is 17.8 Å². The highest BCUT2D eigenvalue weighted by atomic mass is 32.2. The topological polar surface area (TPSA) is 46.2 Å². The highest BCUT2D eigenvalue weighted by Crippen LogP contribution is 2.31. The van der Waals surface area contributed by atoms with Gasteiger partial charge in [-0.05, 0) is 30.8 Å². The Morgan fingerprint density at radius 1 is 1.17 bits per heavy atom. The Bertz CT molecular complexity index is 253. The lowest BCUT2D eigenvalue weighted by Gasteiger charge is -2.40. The molecule has 12 heavy (non-hydrogen) atoms. The van der Waals surface area contributed by atoms with E-state index in [1.54, 1.807) is 0 Å². The van der Waals surface area contributed by atoms with E-state index in [4.69, 9.17) is 0 Å². The molecule has 2 fully saturated rings. The van der Waals surface area contributed by atoms with Crippen LogP contribution in [0.25, 0.3) is 0 Å². The van der Waals surface area contributed by atoms with E-state index in [2.05, 4.69) is 12.2 Å². The number of hydrogen-bond acceptors (Lipinski definition) is 3. The second kappa shape index (κ2) is 2.70. The van der Waals surface area contributed by atoms with Gasteiger partial charge in [-0.25, -0.2) is 8.42 Å². The fourth-order valence-corrected chi connectivity index (χ4v) is 4.64. The SMILES string of the molecule is CC1C2CNCC1CS(=O)(=O)C2. The third-order valence-corrected chi connectivity index (χ3v) is 5.11. The second-order valence-corrected chi connectivity index (χ2v) is 6.27. The summed E-state index contributed by atoms with van der Waals surface area (Å²) in [6, 6.07) is 0. The molecule has 1 N–H and O–H groups in total. The van der Waals surface area contributed by atoms with Crippen molar-refractivity contribution in [3.8, 4) is 0 Å². The molecule has 2 aliphatic rings. The Balaban J connectivity index is 2.23. The molecule has 2 unspecified atom stereocenters. The Morgan fingerprint density at radius 2 is 1.67 bits per heavy atom. The van der Waals surface area contributed by atoms with Gasteiger partial charge in [0.2, 0.25) is 0 Å². The van der Waals surface area contributed by atoms with Gasteiger partial charge >= 0.3 is 0 Å². The molecule has 0 aliphatic carbocycles.